The van der Waals surface area contributed by atoms with Crippen LogP contribution in [0, 0.1) is 0 Å². The van der Waals surface area contributed by atoms with E-state index in [4.69, 9.17) is 13.9 Å². The molecule has 0 aliphatic heterocycles. The highest BCUT2D eigenvalue weighted by Gasteiger charge is 2.24. The van der Waals surface area contributed by atoms with E-state index in [0.29, 0.717) is 22.3 Å². The minimum atomic E-state index is -1.05. The second kappa shape index (κ2) is 8.47. The predicted molar refractivity (Wildman–Crippen MR) is 104 cm³/mol. The summed E-state index contributed by atoms with van der Waals surface area (Å²) >= 11 is 0. The van der Waals surface area contributed by atoms with Crippen molar-refractivity contribution in [2.45, 2.75) is 12.5 Å². The molecule has 0 radical (unpaired) electrons. The van der Waals surface area contributed by atoms with Crippen LogP contribution in [-0.2, 0) is 16.0 Å². The Labute approximate surface area is 165 Å². The lowest BCUT2D eigenvalue weighted by Gasteiger charge is -2.17. The van der Waals surface area contributed by atoms with Gasteiger partial charge in [-0.1, -0.05) is 6.07 Å². The lowest BCUT2D eigenvalue weighted by atomic mass is 10.0. The number of methoxy groups -OCH3 is 2. The van der Waals surface area contributed by atoms with Gasteiger partial charge in [0.25, 0.3) is 5.91 Å². The number of benzene rings is 2. The highest BCUT2D eigenvalue weighted by atomic mass is 16.5. The Balaban J connectivity index is 1.94. The van der Waals surface area contributed by atoms with E-state index in [1.165, 1.54) is 44.6 Å². The lowest BCUT2D eigenvalue weighted by Crippen LogP contribution is -2.43. The van der Waals surface area contributed by atoms with E-state index in [-0.39, 0.29) is 17.7 Å². The smallest absolute Gasteiger partial charge is 0.336 e. The number of amides is 1. The summed E-state index contributed by atoms with van der Waals surface area (Å²) in [6, 6.07) is 10.9. The van der Waals surface area contributed by atoms with E-state index in [9.17, 15) is 19.5 Å². The topological polar surface area (TPSA) is 115 Å². The maximum atomic E-state index is 12.5. The van der Waals surface area contributed by atoms with Gasteiger partial charge in [0.05, 0.1) is 14.2 Å². The van der Waals surface area contributed by atoms with E-state index < -0.39 is 23.5 Å². The highest BCUT2D eigenvalue weighted by Crippen LogP contribution is 2.23. The molecule has 150 valence electrons. The van der Waals surface area contributed by atoms with E-state index in [0.717, 1.165) is 0 Å². The fourth-order valence-electron chi connectivity index (χ4n) is 2.95. The third-order valence-electron chi connectivity index (χ3n) is 4.36. The first-order chi connectivity index (χ1) is 13.9. The van der Waals surface area contributed by atoms with Crippen LogP contribution in [0.25, 0.3) is 11.0 Å². The fourth-order valence-corrected chi connectivity index (χ4v) is 2.95. The molecule has 0 bridgehead atoms. The zero-order valence-corrected chi connectivity index (χ0v) is 15.8. The molecule has 2 aromatic carbocycles. The maximum Gasteiger partial charge on any atom is 0.336 e. The molecule has 1 aromatic heterocycles. The molecular weight excluding hydrogens is 378 g/mol. The van der Waals surface area contributed by atoms with Crippen molar-refractivity contribution in [3.63, 3.8) is 0 Å². The van der Waals surface area contributed by atoms with E-state index in [1.54, 1.807) is 18.2 Å². The van der Waals surface area contributed by atoms with Crippen molar-refractivity contribution < 1.29 is 28.6 Å². The van der Waals surface area contributed by atoms with Crippen LogP contribution in [0.1, 0.15) is 15.9 Å². The summed E-state index contributed by atoms with van der Waals surface area (Å²) in [6.45, 7) is 0. The number of esters is 1. The van der Waals surface area contributed by atoms with E-state index in [2.05, 4.69) is 5.32 Å². The van der Waals surface area contributed by atoms with Crippen LogP contribution in [-0.4, -0.2) is 37.2 Å². The Hall–Kier alpha value is -3.81. The first kappa shape index (κ1) is 19.9. The van der Waals surface area contributed by atoms with Gasteiger partial charge >= 0.3 is 11.6 Å². The van der Waals surface area contributed by atoms with Gasteiger partial charge < -0.3 is 24.3 Å². The van der Waals surface area contributed by atoms with Gasteiger partial charge in [-0.3, -0.25) is 4.79 Å². The average Bonchev–Trinajstić information content (AvgIpc) is 2.71. The molecule has 1 amide bonds. The summed E-state index contributed by atoms with van der Waals surface area (Å²) in [5, 5.41) is 12.7. The molecule has 0 saturated heterocycles. The van der Waals surface area contributed by atoms with E-state index >= 15 is 0 Å². The molecule has 0 aliphatic carbocycles. The van der Waals surface area contributed by atoms with Gasteiger partial charge in [-0.05, 0) is 35.9 Å². The first-order valence-electron chi connectivity index (χ1n) is 8.69. The molecular formula is C21H19NO7. The van der Waals surface area contributed by atoms with Crippen molar-refractivity contribution in [1.29, 1.82) is 0 Å². The van der Waals surface area contributed by atoms with Crippen LogP contribution in [0.5, 0.6) is 11.5 Å². The summed E-state index contributed by atoms with van der Waals surface area (Å²) in [6.07, 6.45) is 0.00561. The number of carbonyl (C=O) groups excluding carboxylic acids is 2. The Morgan fingerprint density at radius 3 is 2.62 bits per heavy atom. The molecule has 8 heteroatoms. The predicted octanol–water partition coefficient (Wildman–Crippen LogP) is 2.02. The second-order valence-corrected chi connectivity index (χ2v) is 6.26. The van der Waals surface area contributed by atoms with Crippen LogP contribution in [0.15, 0.2) is 57.7 Å². The Bertz CT molecular complexity index is 1120. The number of phenols is 1. The number of carbonyl (C=O) groups is 2. The molecule has 0 spiro atoms. The summed E-state index contributed by atoms with van der Waals surface area (Å²) in [5.41, 5.74) is 0.394. The zero-order valence-electron chi connectivity index (χ0n) is 15.8. The van der Waals surface area contributed by atoms with Gasteiger partial charge in [0, 0.05) is 29.5 Å². The first-order valence-corrected chi connectivity index (χ1v) is 8.69. The van der Waals surface area contributed by atoms with Gasteiger partial charge in [0.15, 0.2) is 0 Å². The van der Waals surface area contributed by atoms with Crippen molar-refractivity contribution in [2.75, 3.05) is 14.2 Å². The summed E-state index contributed by atoms with van der Waals surface area (Å²) in [4.78, 5) is 36.7. The van der Waals surface area contributed by atoms with E-state index in [1.807, 2.05) is 0 Å². The number of rotatable bonds is 6. The average molecular weight is 397 g/mol. The van der Waals surface area contributed by atoms with Gasteiger partial charge in [-0.15, -0.1) is 0 Å². The molecule has 2 N–H and O–H groups in total. The number of fused-ring (bicyclic) bond motifs is 1. The lowest BCUT2D eigenvalue weighted by molar-refractivity contribution is -0.142. The number of aromatic hydroxyl groups is 1. The van der Waals surface area contributed by atoms with Gasteiger partial charge in [-0.2, -0.15) is 0 Å². The quantitative estimate of drug-likeness (QED) is 0.483. The normalized spacial score (nSPS) is 11.7. The maximum absolute atomic E-state index is 12.5. The highest BCUT2D eigenvalue weighted by molar-refractivity contribution is 5.97. The zero-order chi connectivity index (χ0) is 21.0. The number of nitrogens with one attached hydrogen (secondary N) is 1. The molecule has 0 unspecified atom stereocenters. The van der Waals surface area contributed by atoms with Crippen LogP contribution < -0.4 is 15.7 Å². The van der Waals surface area contributed by atoms with Crippen molar-refractivity contribution in [3.05, 3.63) is 70.1 Å². The SMILES string of the molecule is COC(=O)[C@H](Cc1cc(=O)oc2cc(OC)ccc12)NC(=O)c1cccc(O)c1. The monoisotopic (exact) mass is 397 g/mol. The summed E-state index contributed by atoms with van der Waals surface area (Å²) in [5.74, 6) is -0.800. The van der Waals surface area contributed by atoms with Gasteiger partial charge in [0.2, 0.25) is 0 Å². The number of hydrogen-bond acceptors (Lipinski definition) is 7. The van der Waals surface area contributed by atoms with Gasteiger partial charge in [-0.25, -0.2) is 9.59 Å². The number of ether oxygens (including phenoxy) is 2. The van der Waals surface area contributed by atoms with Crippen molar-refractivity contribution >= 4 is 22.8 Å². The van der Waals surface area contributed by atoms with Crippen molar-refractivity contribution in [2.24, 2.45) is 0 Å². The molecule has 8 nitrogen and oxygen atoms in total. The largest absolute Gasteiger partial charge is 0.508 e. The molecule has 3 aromatic rings. The molecule has 3 rings (SSSR count). The Kier molecular flexibility index (Phi) is 5.82. The minimum absolute atomic E-state index is 0.00561. The second-order valence-electron chi connectivity index (χ2n) is 6.26. The standard InChI is InChI=1S/C21H19NO7/c1-27-15-6-7-16-13(10-19(24)29-18(16)11-15)9-17(21(26)28-2)22-20(25)12-4-3-5-14(23)8-12/h3-8,10-11,17,23H,9H2,1-2H3,(H,22,25)/t17-/m0/s1. The molecule has 0 saturated carbocycles. The van der Waals surface area contributed by atoms with Crippen molar-refractivity contribution in [3.8, 4) is 11.5 Å². The number of phenolic OH excluding ortho intramolecular Hbond substituents is 1. The molecule has 1 heterocycles. The molecule has 0 aliphatic rings. The molecule has 0 fully saturated rings. The Morgan fingerprint density at radius 1 is 1.14 bits per heavy atom. The minimum Gasteiger partial charge on any atom is -0.508 e. The summed E-state index contributed by atoms with van der Waals surface area (Å²) < 4.78 is 15.1. The van der Waals surface area contributed by atoms with Crippen LogP contribution in [0.3, 0.4) is 0 Å². The third-order valence-corrected chi connectivity index (χ3v) is 4.36. The molecule has 1 atom stereocenters. The number of hydrogen-bond donors (Lipinski definition) is 2. The van der Waals surface area contributed by atoms with Gasteiger partial charge in [0.1, 0.15) is 23.1 Å². The van der Waals surface area contributed by atoms with Crippen LogP contribution in [0.4, 0.5) is 0 Å². The van der Waals surface area contributed by atoms with Crippen LogP contribution >= 0.6 is 0 Å². The fraction of sp³-hybridized carbons (Fsp3) is 0.190. The Morgan fingerprint density at radius 2 is 1.93 bits per heavy atom. The van der Waals surface area contributed by atoms with Crippen molar-refractivity contribution in [1.82, 2.24) is 5.32 Å². The van der Waals surface area contributed by atoms with Crippen LogP contribution in [0.2, 0.25) is 0 Å². The third kappa shape index (κ3) is 4.55. The molecule has 29 heavy (non-hydrogen) atoms. The summed E-state index contributed by atoms with van der Waals surface area (Å²) in [7, 11) is 2.70.